The molecule has 4 N–H and O–H groups in total. The lowest BCUT2D eigenvalue weighted by molar-refractivity contribution is 0.178. The Morgan fingerprint density at radius 2 is 1.75 bits per heavy atom. The molecule has 0 saturated heterocycles. The van der Waals surface area contributed by atoms with E-state index in [0.29, 0.717) is 24.2 Å². The number of H-pyrrole nitrogens is 1. The fourth-order valence-corrected chi connectivity index (χ4v) is 5.41. The third-order valence-electron chi connectivity index (χ3n) is 7.69. The number of ether oxygens (including phenoxy) is 3. The highest BCUT2D eigenvalue weighted by atomic mass is 16.5. The second kappa shape index (κ2) is 13.7. The number of phenols is 2. The van der Waals surface area contributed by atoms with E-state index in [1.807, 2.05) is 24.4 Å². The van der Waals surface area contributed by atoms with Gasteiger partial charge in [-0.15, -0.1) is 0 Å². The summed E-state index contributed by atoms with van der Waals surface area (Å²) in [4.78, 5) is 17.0. The van der Waals surface area contributed by atoms with Crippen LogP contribution in [-0.4, -0.2) is 54.3 Å². The number of aryl methyl sites for hydroxylation is 1. The molecule has 0 fully saturated rings. The van der Waals surface area contributed by atoms with Gasteiger partial charge in [-0.1, -0.05) is 31.2 Å². The van der Waals surface area contributed by atoms with Crippen LogP contribution in [0, 0.1) is 0 Å². The van der Waals surface area contributed by atoms with E-state index in [0.717, 1.165) is 28.8 Å². The molecule has 5 aromatic rings. The first-order chi connectivity index (χ1) is 21.4. The topological polar surface area (TPSA) is 134 Å². The number of nitrogens with one attached hydrogen (secondary N) is 1. The Morgan fingerprint density at radius 3 is 2.43 bits per heavy atom. The summed E-state index contributed by atoms with van der Waals surface area (Å²) in [5.74, 6) is -0.0337. The fraction of sp³-hybridized carbons (Fsp3) is 0.286. The number of aliphatic hydroxyl groups is 1. The summed E-state index contributed by atoms with van der Waals surface area (Å²) in [7, 11) is 3.02. The zero-order valence-electron chi connectivity index (χ0n) is 25.1. The summed E-state index contributed by atoms with van der Waals surface area (Å²) in [6.45, 7) is 2.42. The highest BCUT2D eigenvalue weighted by Gasteiger charge is 2.28. The monoisotopic (exact) mass is 599 g/mol. The van der Waals surface area contributed by atoms with Gasteiger partial charge in [-0.3, -0.25) is 4.79 Å². The SMILES string of the molecule is CCc1cc(-c2cccc(C(COC)Cc3c(O)c(OC)c(OCCCO)c4c(=O)cc(-c5ccc(O)cc5)oc34)c2)c[nH]1. The van der Waals surface area contributed by atoms with Gasteiger partial charge >= 0.3 is 0 Å². The summed E-state index contributed by atoms with van der Waals surface area (Å²) in [5.41, 5.74) is 4.95. The molecule has 2 aromatic heterocycles. The number of benzene rings is 3. The quantitative estimate of drug-likeness (QED) is 0.118. The highest BCUT2D eigenvalue weighted by Crippen LogP contribution is 2.47. The van der Waals surface area contributed by atoms with Crippen LogP contribution in [-0.2, 0) is 17.6 Å². The van der Waals surface area contributed by atoms with E-state index in [1.54, 1.807) is 19.2 Å². The molecule has 44 heavy (non-hydrogen) atoms. The van der Waals surface area contributed by atoms with Crippen molar-refractivity contribution in [2.45, 2.75) is 32.1 Å². The molecule has 0 saturated carbocycles. The molecular formula is C35H37NO8. The van der Waals surface area contributed by atoms with E-state index < -0.39 is 5.43 Å². The smallest absolute Gasteiger partial charge is 0.204 e. The van der Waals surface area contributed by atoms with Crippen LogP contribution in [0.25, 0.3) is 33.4 Å². The van der Waals surface area contributed by atoms with Crippen LogP contribution in [0.15, 0.2) is 76.1 Å². The normalized spacial score (nSPS) is 12.0. The number of methoxy groups -OCH3 is 2. The van der Waals surface area contributed by atoms with Crippen LogP contribution in [0.3, 0.4) is 0 Å². The van der Waals surface area contributed by atoms with Gasteiger partial charge in [0, 0.05) is 55.1 Å². The first kappa shape index (κ1) is 30.7. The molecule has 0 bridgehead atoms. The van der Waals surface area contributed by atoms with Gasteiger partial charge in [0.05, 0.1) is 20.3 Å². The van der Waals surface area contributed by atoms with Gasteiger partial charge in [-0.25, -0.2) is 0 Å². The molecule has 5 rings (SSSR count). The first-order valence-electron chi connectivity index (χ1n) is 14.6. The average Bonchev–Trinajstić information content (AvgIpc) is 3.52. The standard InChI is InChI=1S/C35H37NO8/c1-4-26-16-24(19-36-26)22-7-5-8-23(15-22)25(20-41-2)17-28-32(40)35(42-3)34(43-14-6-13-37)31-29(39)18-30(44-33(28)31)21-9-11-27(38)12-10-21/h5,7-12,15-16,18-19,25,36-38,40H,4,6,13-14,17,20H2,1-3H3. The Bertz CT molecular complexity index is 1790. The van der Waals surface area contributed by atoms with E-state index in [2.05, 4.69) is 24.0 Å². The molecule has 9 nitrogen and oxygen atoms in total. The minimum absolute atomic E-state index is 0.0134. The Labute approximate surface area is 255 Å². The van der Waals surface area contributed by atoms with Crippen molar-refractivity contribution in [3.63, 3.8) is 0 Å². The Morgan fingerprint density at radius 1 is 0.955 bits per heavy atom. The number of aromatic nitrogens is 1. The number of hydrogen-bond donors (Lipinski definition) is 4. The Hall–Kier alpha value is -4.73. The zero-order chi connectivity index (χ0) is 31.2. The maximum Gasteiger partial charge on any atom is 0.204 e. The largest absolute Gasteiger partial charge is 0.508 e. The molecule has 0 aliphatic carbocycles. The van der Waals surface area contributed by atoms with Crippen LogP contribution in [0.2, 0.25) is 0 Å². The van der Waals surface area contributed by atoms with E-state index in [4.69, 9.17) is 18.6 Å². The number of rotatable bonds is 13. The second-order valence-corrected chi connectivity index (χ2v) is 10.6. The van der Waals surface area contributed by atoms with Gasteiger partial charge in [0.1, 0.15) is 22.5 Å². The van der Waals surface area contributed by atoms with Crippen molar-refractivity contribution < 1.29 is 33.9 Å². The number of hydrogen-bond acceptors (Lipinski definition) is 8. The van der Waals surface area contributed by atoms with E-state index in [1.165, 1.54) is 25.3 Å². The van der Waals surface area contributed by atoms with Crippen molar-refractivity contribution in [3.8, 4) is 45.4 Å². The Balaban J connectivity index is 1.68. The lowest BCUT2D eigenvalue weighted by Gasteiger charge is -2.22. The molecule has 0 spiro atoms. The summed E-state index contributed by atoms with van der Waals surface area (Å²) in [6.07, 6.45) is 3.46. The fourth-order valence-electron chi connectivity index (χ4n) is 5.41. The van der Waals surface area contributed by atoms with E-state index in [9.17, 15) is 20.1 Å². The van der Waals surface area contributed by atoms with Gasteiger partial charge in [0.15, 0.2) is 16.9 Å². The predicted molar refractivity (Wildman–Crippen MR) is 169 cm³/mol. The van der Waals surface area contributed by atoms with Crippen molar-refractivity contribution in [2.24, 2.45) is 0 Å². The van der Waals surface area contributed by atoms with E-state index in [-0.39, 0.29) is 65.3 Å². The number of phenolic OH excluding ortho intramolecular Hbond substituents is 2. The molecule has 0 aliphatic heterocycles. The average molecular weight is 600 g/mol. The lowest BCUT2D eigenvalue weighted by atomic mass is 9.89. The molecule has 2 heterocycles. The molecule has 0 aliphatic rings. The van der Waals surface area contributed by atoms with Crippen LogP contribution in [0.5, 0.6) is 23.0 Å². The lowest BCUT2D eigenvalue weighted by Crippen LogP contribution is -2.13. The van der Waals surface area contributed by atoms with Gasteiger partial charge in [0.25, 0.3) is 0 Å². The molecule has 0 radical (unpaired) electrons. The highest BCUT2D eigenvalue weighted by molar-refractivity contribution is 5.93. The molecule has 9 heteroatoms. The number of aliphatic hydroxyl groups excluding tert-OH is 1. The summed E-state index contributed by atoms with van der Waals surface area (Å²) < 4.78 is 23.5. The summed E-state index contributed by atoms with van der Waals surface area (Å²) in [5, 5.41) is 30.9. The van der Waals surface area contributed by atoms with Crippen molar-refractivity contribution in [1.29, 1.82) is 0 Å². The summed E-state index contributed by atoms with van der Waals surface area (Å²) in [6, 6.07) is 17.9. The van der Waals surface area contributed by atoms with Crippen LogP contribution in [0.4, 0.5) is 0 Å². The molecule has 1 unspecified atom stereocenters. The van der Waals surface area contributed by atoms with Gasteiger partial charge < -0.3 is 38.9 Å². The number of aromatic amines is 1. The molecular weight excluding hydrogens is 562 g/mol. The third-order valence-corrected chi connectivity index (χ3v) is 7.69. The first-order valence-corrected chi connectivity index (χ1v) is 14.6. The number of fused-ring (bicyclic) bond motifs is 1. The maximum atomic E-state index is 13.7. The molecule has 0 amide bonds. The van der Waals surface area contributed by atoms with Crippen molar-refractivity contribution in [3.05, 3.63) is 93.9 Å². The van der Waals surface area contributed by atoms with Crippen LogP contribution >= 0.6 is 0 Å². The Kier molecular flexibility index (Phi) is 9.57. The van der Waals surface area contributed by atoms with Gasteiger partial charge in [-0.2, -0.15) is 0 Å². The third kappa shape index (κ3) is 6.29. The minimum Gasteiger partial charge on any atom is -0.508 e. The zero-order valence-corrected chi connectivity index (χ0v) is 25.1. The molecule has 1 atom stereocenters. The van der Waals surface area contributed by atoms with Crippen molar-refractivity contribution in [1.82, 2.24) is 4.98 Å². The summed E-state index contributed by atoms with van der Waals surface area (Å²) >= 11 is 0. The van der Waals surface area contributed by atoms with Crippen molar-refractivity contribution in [2.75, 3.05) is 34.0 Å². The predicted octanol–water partition coefficient (Wildman–Crippen LogP) is 6.17. The number of aromatic hydroxyl groups is 2. The second-order valence-electron chi connectivity index (χ2n) is 10.6. The van der Waals surface area contributed by atoms with Crippen LogP contribution in [0.1, 0.15) is 36.1 Å². The maximum absolute atomic E-state index is 13.7. The minimum atomic E-state index is -0.391. The van der Waals surface area contributed by atoms with E-state index >= 15 is 0 Å². The van der Waals surface area contributed by atoms with Gasteiger partial charge in [0.2, 0.25) is 5.75 Å². The molecule has 230 valence electrons. The van der Waals surface area contributed by atoms with Gasteiger partial charge in [-0.05, 0) is 59.9 Å². The van der Waals surface area contributed by atoms with Crippen molar-refractivity contribution >= 4 is 11.0 Å². The van der Waals surface area contributed by atoms with Crippen LogP contribution < -0.4 is 14.9 Å². The molecule has 3 aromatic carbocycles.